The molecule has 1 fully saturated rings. The van der Waals surface area contributed by atoms with E-state index in [4.69, 9.17) is 9.15 Å². The van der Waals surface area contributed by atoms with Gasteiger partial charge in [-0.2, -0.15) is 0 Å². The van der Waals surface area contributed by atoms with Crippen LogP contribution in [-0.2, 0) is 16.0 Å². The lowest BCUT2D eigenvalue weighted by Gasteiger charge is -2.17. The van der Waals surface area contributed by atoms with Crippen LogP contribution in [0.4, 0.5) is 10.1 Å². The average Bonchev–Trinajstić information content (AvgIpc) is 3.09. The summed E-state index contributed by atoms with van der Waals surface area (Å²) in [7, 11) is 0. The van der Waals surface area contributed by atoms with Crippen LogP contribution in [0, 0.1) is 18.7 Å². The molecule has 30 heavy (non-hydrogen) atoms. The highest BCUT2D eigenvalue weighted by molar-refractivity contribution is 6.00. The van der Waals surface area contributed by atoms with Gasteiger partial charge in [0.25, 0.3) is 0 Å². The normalized spacial score (nSPS) is 16.3. The molecule has 154 valence electrons. The number of benzene rings is 2. The van der Waals surface area contributed by atoms with Crippen LogP contribution in [-0.4, -0.2) is 18.4 Å². The molecule has 2 heterocycles. The third-order valence-corrected chi connectivity index (χ3v) is 5.33. The van der Waals surface area contributed by atoms with Crippen LogP contribution < -0.4 is 15.3 Å². The molecule has 0 saturated carbocycles. The molecule has 0 radical (unpaired) electrons. The summed E-state index contributed by atoms with van der Waals surface area (Å²) in [5.74, 6) is -1.86. The Morgan fingerprint density at radius 1 is 1.23 bits per heavy atom. The van der Waals surface area contributed by atoms with Crippen molar-refractivity contribution in [1.82, 2.24) is 0 Å². The van der Waals surface area contributed by atoms with Crippen LogP contribution in [0.15, 0.2) is 51.7 Å². The number of aryl methyl sites for hydroxylation is 2. The van der Waals surface area contributed by atoms with Gasteiger partial charge in [0.05, 0.1) is 11.6 Å². The number of esters is 1. The number of carbonyl (C=O) groups excluding carboxylic acids is 2. The molecule has 2 aromatic carbocycles. The number of anilines is 1. The van der Waals surface area contributed by atoms with Gasteiger partial charge in [-0.15, -0.1) is 0 Å². The minimum Gasteiger partial charge on any atom is -0.426 e. The monoisotopic (exact) mass is 409 g/mol. The largest absolute Gasteiger partial charge is 0.426 e. The lowest BCUT2D eigenvalue weighted by molar-refractivity contribution is -0.139. The van der Waals surface area contributed by atoms with E-state index in [2.05, 4.69) is 0 Å². The predicted octanol–water partition coefficient (Wildman–Crippen LogP) is 3.76. The Balaban J connectivity index is 1.60. The number of rotatable bonds is 4. The van der Waals surface area contributed by atoms with E-state index in [1.54, 1.807) is 6.07 Å². The van der Waals surface area contributed by atoms with E-state index >= 15 is 0 Å². The Kier molecular flexibility index (Phi) is 5.11. The van der Waals surface area contributed by atoms with E-state index in [-0.39, 0.29) is 24.6 Å². The minimum atomic E-state index is -0.720. The second kappa shape index (κ2) is 7.74. The first-order chi connectivity index (χ1) is 14.4. The molecule has 0 bridgehead atoms. The van der Waals surface area contributed by atoms with E-state index in [1.165, 1.54) is 35.2 Å². The van der Waals surface area contributed by atoms with Gasteiger partial charge < -0.3 is 14.1 Å². The summed E-state index contributed by atoms with van der Waals surface area (Å²) in [6.07, 6.45) is 0.540. The first-order valence-corrected chi connectivity index (χ1v) is 9.71. The fraction of sp³-hybridized carbons (Fsp3) is 0.261. The number of ether oxygens (including phenoxy) is 1. The van der Waals surface area contributed by atoms with E-state index in [1.807, 2.05) is 19.9 Å². The van der Waals surface area contributed by atoms with Gasteiger partial charge in [0.15, 0.2) is 0 Å². The molecular weight excluding hydrogens is 389 g/mol. The Bertz CT molecular complexity index is 1220. The van der Waals surface area contributed by atoms with Gasteiger partial charge in [0.1, 0.15) is 17.1 Å². The molecule has 1 amide bonds. The van der Waals surface area contributed by atoms with Crippen LogP contribution >= 0.6 is 0 Å². The number of carbonyl (C=O) groups is 2. The van der Waals surface area contributed by atoms with Gasteiger partial charge in [-0.1, -0.05) is 19.1 Å². The number of nitrogens with zero attached hydrogens (tertiary/aromatic N) is 1. The van der Waals surface area contributed by atoms with Crippen molar-refractivity contribution in [3.05, 3.63) is 69.8 Å². The fourth-order valence-electron chi connectivity index (χ4n) is 3.72. The molecule has 0 spiro atoms. The molecule has 0 aliphatic carbocycles. The summed E-state index contributed by atoms with van der Waals surface area (Å²) in [4.78, 5) is 38.1. The van der Waals surface area contributed by atoms with Gasteiger partial charge in [0.2, 0.25) is 5.91 Å². The fourth-order valence-corrected chi connectivity index (χ4v) is 3.72. The quantitative estimate of drug-likeness (QED) is 0.373. The topological polar surface area (TPSA) is 76.8 Å². The highest BCUT2D eigenvalue weighted by Crippen LogP contribution is 2.31. The molecular formula is C23H20FNO5. The number of amides is 1. The molecule has 1 atom stereocenters. The van der Waals surface area contributed by atoms with Crippen LogP contribution in [0.5, 0.6) is 5.75 Å². The molecule has 1 saturated heterocycles. The highest BCUT2D eigenvalue weighted by atomic mass is 19.1. The van der Waals surface area contributed by atoms with E-state index in [9.17, 15) is 18.8 Å². The summed E-state index contributed by atoms with van der Waals surface area (Å²) in [5, 5.41) is 0.771. The van der Waals surface area contributed by atoms with E-state index in [0.717, 1.165) is 16.5 Å². The first-order valence-electron chi connectivity index (χ1n) is 9.71. The molecule has 1 aliphatic rings. The van der Waals surface area contributed by atoms with Gasteiger partial charge >= 0.3 is 11.6 Å². The molecule has 1 unspecified atom stereocenters. The zero-order chi connectivity index (χ0) is 21.4. The van der Waals surface area contributed by atoms with Crippen LogP contribution in [0.1, 0.15) is 24.5 Å². The van der Waals surface area contributed by atoms with Gasteiger partial charge in [-0.25, -0.2) is 9.18 Å². The summed E-state index contributed by atoms with van der Waals surface area (Å²) in [6, 6.07) is 10.7. The maximum Gasteiger partial charge on any atom is 0.336 e. The lowest BCUT2D eigenvalue weighted by atomic mass is 10.0. The van der Waals surface area contributed by atoms with E-state index < -0.39 is 23.3 Å². The molecule has 3 aromatic rings. The molecule has 1 aromatic heterocycles. The summed E-state index contributed by atoms with van der Waals surface area (Å²) in [5.41, 5.74) is 1.55. The number of halogens is 1. The standard InChI is InChI=1S/C23H20FNO5/c1-3-14-9-16-13(2)8-22(27)29-20(16)11-19(14)30-23(28)15-10-21(26)25(12-15)18-7-5-4-6-17(18)24/h4-9,11,15H,3,10,12H2,1-2H3. The number of para-hydroxylation sites is 1. The summed E-state index contributed by atoms with van der Waals surface area (Å²) < 4.78 is 24.9. The van der Waals surface area contributed by atoms with Crippen molar-refractivity contribution >= 4 is 28.5 Å². The van der Waals surface area contributed by atoms with Gasteiger partial charge in [0, 0.05) is 30.5 Å². The molecule has 6 nitrogen and oxygen atoms in total. The Labute approximate surface area is 171 Å². The first kappa shape index (κ1) is 19.8. The summed E-state index contributed by atoms with van der Waals surface area (Å²) >= 11 is 0. The van der Waals surface area contributed by atoms with Crippen LogP contribution in [0.2, 0.25) is 0 Å². The van der Waals surface area contributed by atoms with Crippen LogP contribution in [0.3, 0.4) is 0 Å². The Morgan fingerprint density at radius 2 is 2.00 bits per heavy atom. The zero-order valence-corrected chi connectivity index (χ0v) is 16.6. The maximum absolute atomic E-state index is 14.1. The number of hydrogen-bond acceptors (Lipinski definition) is 5. The van der Waals surface area contributed by atoms with Crippen molar-refractivity contribution in [2.45, 2.75) is 26.7 Å². The molecule has 1 aliphatic heterocycles. The smallest absolute Gasteiger partial charge is 0.336 e. The van der Waals surface area contributed by atoms with Crippen molar-refractivity contribution < 1.29 is 23.1 Å². The molecule has 7 heteroatoms. The van der Waals surface area contributed by atoms with Crippen molar-refractivity contribution in [1.29, 1.82) is 0 Å². The van der Waals surface area contributed by atoms with Crippen molar-refractivity contribution in [3.63, 3.8) is 0 Å². The molecule has 4 rings (SSSR count). The van der Waals surface area contributed by atoms with Gasteiger partial charge in [-0.3, -0.25) is 9.59 Å². The average molecular weight is 409 g/mol. The molecule has 0 N–H and O–H groups in total. The highest BCUT2D eigenvalue weighted by Gasteiger charge is 2.37. The van der Waals surface area contributed by atoms with Gasteiger partial charge in [-0.05, 0) is 42.7 Å². The SMILES string of the molecule is CCc1cc2c(C)cc(=O)oc2cc1OC(=O)C1CC(=O)N(c2ccccc2F)C1. The minimum absolute atomic E-state index is 0.0435. The van der Waals surface area contributed by atoms with Crippen LogP contribution in [0.25, 0.3) is 11.0 Å². The van der Waals surface area contributed by atoms with Crippen molar-refractivity contribution in [2.24, 2.45) is 5.92 Å². The number of fused-ring (bicyclic) bond motifs is 1. The second-order valence-corrected chi connectivity index (χ2v) is 7.34. The maximum atomic E-state index is 14.1. The Morgan fingerprint density at radius 3 is 2.73 bits per heavy atom. The predicted molar refractivity (Wildman–Crippen MR) is 109 cm³/mol. The Hall–Kier alpha value is -3.48. The summed E-state index contributed by atoms with van der Waals surface area (Å²) in [6.45, 7) is 3.78. The second-order valence-electron chi connectivity index (χ2n) is 7.34. The lowest BCUT2D eigenvalue weighted by Crippen LogP contribution is -2.28. The van der Waals surface area contributed by atoms with Crippen molar-refractivity contribution in [2.75, 3.05) is 11.4 Å². The van der Waals surface area contributed by atoms with Crippen molar-refractivity contribution in [3.8, 4) is 5.75 Å². The zero-order valence-electron chi connectivity index (χ0n) is 16.6. The number of hydrogen-bond donors (Lipinski definition) is 0. The third kappa shape index (κ3) is 3.58. The third-order valence-electron chi connectivity index (χ3n) is 5.33. The van der Waals surface area contributed by atoms with E-state index in [0.29, 0.717) is 17.8 Å².